The lowest BCUT2D eigenvalue weighted by Crippen LogP contribution is -2.20. The predicted molar refractivity (Wildman–Crippen MR) is 72.9 cm³/mol. The number of hydrogen-bond acceptors (Lipinski definition) is 2. The van der Waals surface area contributed by atoms with E-state index < -0.39 is 0 Å². The molecule has 3 heteroatoms. The fourth-order valence-electron chi connectivity index (χ4n) is 2.21. The second-order valence-electron chi connectivity index (χ2n) is 4.83. The molecule has 0 amide bonds. The van der Waals surface area contributed by atoms with Crippen LogP contribution in [0.2, 0.25) is 0 Å². The lowest BCUT2D eigenvalue weighted by molar-refractivity contribution is 0.791. The summed E-state index contributed by atoms with van der Waals surface area (Å²) >= 11 is 0. The number of nitrogens with one attached hydrogen (secondary N) is 1. The number of aryl methyl sites for hydroxylation is 1. The van der Waals surface area contributed by atoms with Crippen LogP contribution in [-0.4, -0.2) is 9.97 Å². The van der Waals surface area contributed by atoms with E-state index in [-0.39, 0.29) is 11.5 Å². The third-order valence-corrected chi connectivity index (χ3v) is 2.99. The summed E-state index contributed by atoms with van der Waals surface area (Å²) in [6.45, 7) is 5.92. The molecule has 2 aromatic rings. The largest absolute Gasteiger partial charge is 0.310 e. The molecule has 94 valence electrons. The van der Waals surface area contributed by atoms with E-state index >= 15 is 0 Å². The summed E-state index contributed by atoms with van der Waals surface area (Å²) in [4.78, 5) is 19.4. The summed E-state index contributed by atoms with van der Waals surface area (Å²) in [6, 6.07) is 10.0. The summed E-state index contributed by atoms with van der Waals surface area (Å²) in [5.74, 6) is 0.931. The Balaban J connectivity index is 2.35. The van der Waals surface area contributed by atoms with E-state index in [0.29, 0.717) is 6.42 Å². The number of benzene rings is 1. The van der Waals surface area contributed by atoms with E-state index in [2.05, 4.69) is 9.97 Å². The highest BCUT2D eigenvalue weighted by Gasteiger charge is 2.11. The fourth-order valence-corrected chi connectivity index (χ4v) is 2.21. The van der Waals surface area contributed by atoms with Crippen molar-refractivity contribution in [3.05, 3.63) is 63.3 Å². The van der Waals surface area contributed by atoms with Crippen molar-refractivity contribution in [3.63, 3.8) is 0 Å². The monoisotopic (exact) mass is 242 g/mol. The van der Waals surface area contributed by atoms with Crippen LogP contribution >= 0.6 is 0 Å². The van der Waals surface area contributed by atoms with Crippen molar-refractivity contribution in [1.82, 2.24) is 9.97 Å². The zero-order chi connectivity index (χ0) is 13.1. The van der Waals surface area contributed by atoms with Gasteiger partial charge in [-0.2, -0.15) is 0 Å². The molecule has 3 nitrogen and oxygen atoms in total. The summed E-state index contributed by atoms with van der Waals surface area (Å²) in [5, 5.41) is 0. The molecule has 0 spiro atoms. The highest BCUT2D eigenvalue weighted by atomic mass is 16.1. The highest BCUT2D eigenvalue weighted by Crippen LogP contribution is 2.13. The Bertz CT molecular complexity index is 585. The average Bonchev–Trinajstić information content (AvgIpc) is 2.28. The van der Waals surface area contributed by atoms with Gasteiger partial charge in [-0.15, -0.1) is 0 Å². The van der Waals surface area contributed by atoms with E-state index in [1.54, 1.807) is 0 Å². The third-order valence-electron chi connectivity index (χ3n) is 2.99. The Hall–Kier alpha value is -1.90. The predicted octanol–water partition coefficient (Wildman–Crippen LogP) is 2.79. The zero-order valence-electron chi connectivity index (χ0n) is 11.0. The molecule has 0 unspecified atom stereocenters. The highest BCUT2D eigenvalue weighted by molar-refractivity contribution is 5.23. The molecule has 2 rings (SSSR count). The molecular formula is C15H18N2O. The minimum absolute atomic E-state index is 0.0107. The van der Waals surface area contributed by atoms with Crippen LogP contribution in [0, 0.1) is 6.92 Å². The standard InChI is InChI=1S/C15H18N2O/c1-10(2)14-11(3)16-13(17-15(14)18)9-12-7-5-4-6-8-12/h4-8,10H,9H2,1-3H3,(H,16,17,18). The number of rotatable bonds is 3. The van der Waals surface area contributed by atoms with Gasteiger partial charge in [0, 0.05) is 17.7 Å². The van der Waals surface area contributed by atoms with Crippen LogP contribution in [0.25, 0.3) is 0 Å². The van der Waals surface area contributed by atoms with E-state index in [1.807, 2.05) is 51.1 Å². The second-order valence-corrected chi connectivity index (χ2v) is 4.83. The normalized spacial score (nSPS) is 10.9. The Morgan fingerprint density at radius 2 is 1.89 bits per heavy atom. The van der Waals surface area contributed by atoms with Crippen molar-refractivity contribution in [2.24, 2.45) is 0 Å². The summed E-state index contributed by atoms with van der Waals surface area (Å²) in [7, 11) is 0. The first kappa shape index (κ1) is 12.6. The molecule has 1 N–H and O–H groups in total. The van der Waals surface area contributed by atoms with Crippen LogP contribution in [0.4, 0.5) is 0 Å². The molecule has 18 heavy (non-hydrogen) atoms. The Kier molecular flexibility index (Phi) is 3.60. The van der Waals surface area contributed by atoms with Crippen LogP contribution in [0.15, 0.2) is 35.1 Å². The van der Waals surface area contributed by atoms with Gasteiger partial charge in [0.1, 0.15) is 5.82 Å². The first-order chi connectivity index (χ1) is 8.58. The van der Waals surface area contributed by atoms with E-state index in [1.165, 1.54) is 0 Å². The summed E-state index contributed by atoms with van der Waals surface area (Å²) < 4.78 is 0. The molecule has 0 saturated heterocycles. The van der Waals surface area contributed by atoms with Crippen molar-refractivity contribution < 1.29 is 0 Å². The van der Waals surface area contributed by atoms with Crippen molar-refractivity contribution in [1.29, 1.82) is 0 Å². The van der Waals surface area contributed by atoms with Gasteiger partial charge in [0.2, 0.25) is 0 Å². The van der Waals surface area contributed by atoms with Crippen molar-refractivity contribution in [2.45, 2.75) is 33.1 Å². The molecular weight excluding hydrogens is 224 g/mol. The van der Waals surface area contributed by atoms with Gasteiger partial charge in [-0.05, 0) is 18.4 Å². The quantitative estimate of drug-likeness (QED) is 0.899. The number of aromatic nitrogens is 2. The maximum Gasteiger partial charge on any atom is 0.254 e. The van der Waals surface area contributed by atoms with Crippen LogP contribution in [0.3, 0.4) is 0 Å². The van der Waals surface area contributed by atoms with Gasteiger partial charge in [-0.25, -0.2) is 4.98 Å². The molecule has 0 aliphatic carbocycles. The first-order valence-electron chi connectivity index (χ1n) is 6.21. The van der Waals surface area contributed by atoms with Gasteiger partial charge in [-0.3, -0.25) is 4.79 Å². The van der Waals surface area contributed by atoms with Crippen LogP contribution < -0.4 is 5.56 Å². The van der Waals surface area contributed by atoms with Gasteiger partial charge in [0.05, 0.1) is 0 Å². The van der Waals surface area contributed by atoms with Crippen LogP contribution in [0.5, 0.6) is 0 Å². The fraction of sp³-hybridized carbons (Fsp3) is 0.333. The second kappa shape index (κ2) is 5.17. The van der Waals surface area contributed by atoms with Gasteiger partial charge >= 0.3 is 0 Å². The van der Waals surface area contributed by atoms with Crippen LogP contribution in [0.1, 0.15) is 42.4 Å². The molecule has 1 aromatic heterocycles. The molecule has 1 heterocycles. The van der Waals surface area contributed by atoms with Gasteiger partial charge < -0.3 is 4.98 Å². The minimum atomic E-state index is -0.0107. The minimum Gasteiger partial charge on any atom is -0.310 e. The van der Waals surface area contributed by atoms with Crippen molar-refractivity contribution >= 4 is 0 Å². The van der Waals surface area contributed by atoms with Gasteiger partial charge in [0.15, 0.2) is 0 Å². The van der Waals surface area contributed by atoms with E-state index in [9.17, 15) is 4.79 Å². The lowest BCUT2D eigenvalue weighted by Gasteiger charge is -2.09. The molecule has 0 atom stereocenters. The maximum absolute atomic E-state index is 12.0. The lowest BCUT2D eigenvalue weighted by atomic mass is 10.0. The maximum atomic E-state index is 12.0. The smallest absolute Gasteiger partial charge is 0.254 e. The van der Waals surface area contributed by atoms with Crippen LogP contribution in [-0.2, 0) is 6.42 Å². The topological polar surface area (TPSA) is 45.8 Å². The molecule has 0 aliphatic rings. The molecule has 0 saturated carbocycles. The Morgan fingerprint density at radius 3 is 2.44 bits per heavy atom. The molecule has 0 fully saturated rings. The first-order valence-corrected chi connectivity index (χ1v) is 6.21. The number of nitrogens with zero attached hydrogens (tertiary/aromatic N) is 1. The molecule has 0 radical (unpaired) electrons. The molecule has 0 bridgehead atoms. The van der Waals surface area contributed by atoms with Crippen molar-refractivity contribution in [3.8, 4) is 0 Å². The number of aromatic amines is 1. The Labute approximate surface area is 107 Å². The van der Waals surface area contributed by atoms with E-state index in [0.717, 1.165) is 22.6 Å². The summed E-state index contributed by atoms with van der Waals surface area (Å²) in [6.07, 6.45) is 0.662. The van der Waals surface area contributed by atoms with Gasteiger partial charge in [-0.1, -0.05) is 44.2 Å². The van der Waals surface area contributed by atoms with Crippen molar-refractivity contribution in [2.75, 3.05) is 0 Å². The van der Waals surface area contributed by atoms with E-state index in [4.69, 9.17) is 0 Å². The zero-order valence-corrected chi connectivity index (χ0v) is 11.0. The summed E-state index contributed by atoms with van der Waals surface area (Å²) in [5.41, 5.74) is 2.76. The third kappa shape index (κ3) is 2.67. The molecule has 1 aromatic carbocycles. The number of H-pyrrole nitrogens is 1. The molecule has 0 aliphatic heterocycles. The average molecular weight is 242 g/mol. The number of hydrogen-bond donors (Lipinski definition) is 1. The van der Waals surface area contributed by atoms with Gasteiger partial charge in [0.25, 0.3) is 5.56 Å². The Morgan fingerprint density at radius 1 is 1.22 bits per heavy atom. The SMILES string of the molecule is Cc1nc(Cc2ccccc2)[nH]c(=O)c1C(C)C.